The largest absolute Gasteiger partial charge is 0.381 e. The molecule has 2 aromatic rings. The molecule has 8 nitrogen and oxygen atoms in total. The van der Waals surface area contributed by atoms with Crippen molar-refractivity contribution in [2.75, 3.05) is 13.2 Å². The molecule has 0 spiro atoms. The molecular formula is C16H17Cl2FN4O4S. The van der Waals surface area contributed by atoms with Gasteiger partial charge in [0.05, 0.1) is 21.5 Å². The molecule has 1 aliphatic heterocycles. The van der Waals surface area contributed by atoms with Gasteiger partial charge in [0.25, 0.3) is 5.91 Å². The zero-order valence-corrected chi connectivity index (χ0v) is 17.0. The zero-order chi connectivity index (χ0) is 20.5. The van der Waals surface area contributed by atoms with E-state index < -0.39 is 32.6 Å². The summed E-state index contributed by atoms with van der Waals surface area (Å²) in [6.45, 7) is 0.636. The van der Waals surface area contributed by atoms with Crippen molar-refractivity contribution in [3.05, 3.63) is 40.0 Å². The number of hydrogen-bond acceptors (Lipinski definition) is 5. The highest BCUT2D eigenvalue weighted by atomic mass is 35.5. The molecular weight excluding hydrogens is 434 g/mol. The Morgan fingerprint density at radius 1 is 1.32 bits per heavy atom. The van der Waals surface area contributed by atoms with Crippen molar-refractivity contribution >= 4 is 39.1 Å². The Morgan fingerprint density at radius 2 is 2.00 bits per heavy atom. The van der Waals surface area contributed by atoms with Crippen LogP contribution in [0.1, 0.15) is 23.2 Å². The smallest absolute Gasteiger partial charge is 0.269 e. The highest BCUT2D eigenvalue weighted by Gasteiger charge is 2.28. The molecule has 152 valence electrons. The minimum absolute atomic E-state index is 0.200. The number of carbonyl (C=O) groups is 1. The predicted molar refractivity (Wildman–Crippen MR) is 102 cm³/mol. The van der Waals surface area contributed by atoms with Crippen molar-refractivity contribution < 1.29 is 22.3 Å². The number of sulfonamides is 1. The third-order valence-corrected chi connectivity index (χ3v) is 6.66. The van der Waals surface area contributed by atoms with Crippen LogP contribution in [0.5, 0.6) is 0 Å². The number of carbonyl (C=O) groups excluding carboxylic acids is 1. The molecule has 2 N–H and O–H groups in total. The van der Waals surface area contributed by atoms with Crippen LogP contribution in [-0.4, -0.2) is 42.3 Å². The van der Waals surface area contributed by atoms with Gasteiger partial charge in [0.15, 0.2) is 5.82 Å². The summed E-state index contributed by atoms with van der Waals surface area (Å²) in [5, 5.41) is -0.806. The number of nitrogens with zero attached hydrogens (tertiary/aromatic N) is 2. The first-order valence-electron chi connectivity index (χ1n) is 8.26. The lowest BCUT2D eigenvalue weighted by molar-refractivity contribution is 0.0934. The molecule has 12 heteroatoms. The summed E-state index contributed by atoms with van der Waals surface area (Å²) in [5.41, 5.74) is 2.33. The number of halogens is 3. The van der Waals surface area contributed by atoms with Crippen molar-refractivity contribution in [1.82, 2.24) is 19.8 Å². The number of aryl methyl sites for hydroxylation is 1. The van der Waals surface area contributed by atoms with Crippen molar-refractivity contribution in [1.29, 1.82) is 0 Å². The molecule has 0 unspecified atom stereocenters. The molecule has 0 aliphatic carbocycles. The van der Waals surface area contributed by atoms with Crippen molar-refractivity contribution in [2.24, 2.45) is 7.05 Å². The van der Waals surface area contributed by atoms with Gasteiger partial charge in [0, 0.05) is 32.0 Å². The number of hydrazine groups is 1. The maximum atomic E-state index is 14.4. The monoisotopic (exact) mass is 450 g/mol. The lowest BCUT2D eigenvalue weighted by Crippen LogP contribution is -2.47. The van der Waals surface area contributed by atoms with Crippen molar-refractivity contribution in [3.63, 3.8) is 0 Å². The first kappa shape index (κ1) is 21.0. The van der Waals surface area contributed by atoms with E-state index in [9.17, 15) is 17.6 Å². The number of hydrogen-bond donors (Lipinski definition) is 2. The number of ether oxygens (including phenoxy) is 1. The SMILES string of the molecule is Cn1cc(-c2cc(Cl)c(F)c(C(=O)NNS(=O)(=O)C3CCOCC3)c2)nc1Cl. The van der Waals surface area contributed by atoms with E-state index in [-0.39, 0.29) is 10.3 Å². The van der Waals surface area contributed by atoms with Gasteiger partial charge in [-0.3, -0.25) is 10.2 Å². The minimum Gasteiger partial charge on any atom is -0.381 e. The Balaban J connectivity index is 1.81. The van der Waals surface area contributed by atoms with Crippen LogP contribution in [0.15, 0.2) is 18.3 Å². The Labute approximate surface area is 171 Å². The molecule has 1 aliphatic rings. The van der Waals surface area contributed by atoms with Gasteiger partial charge < -0.3 is 9.30 Å². The predicted octanol–water partition coefficient (Wildman–Crippen LogP) is 2.28. The van der Waals surface area contributed by atoms with Gasteiger partial charge in [0.1, 0.15) is 0 Å². The fraction of sp³-hybridized carbons (Fsp3) is 0.375. The van der Waals surface area contributed by atoms with Gasteiger partial charge in [-0.25, -0.2) is 17.8 Å². The average Bonchev–Trinajstić information content (AvgIpc) is 3.01. The Hall–Kier alpha value is -1.72. The van der Waals surface area contributed by atoms with E-state index in [1.807, 2.05) is 10.3 Å². The van der Waals surface area contributed by atoms with Crippen LogP contribution in [0, 0.1) is 5.82 Å². The summed E-state index contributed by atoms with van der Waals surface area (Å²) in [7, 11) is -2.16. The van der Waals surface area contributed by atoms with Gasteiger partial charge >= 0.3 is 0 Å². The fourth-order valence-electron chi connectivity index (χ4n) is 2.74. The first-order valence-corrected chi connectivity index (χ1v) is 10.6. The lowest BCUT2D eigenvalue weighted by atomic mass is 10.1. The molecule has 1 fully saturated rings. The topological polar surface area (TPSA) is 102 Å². The molecule has 1 saturated heterocycles. The standard InChI is InChI=1S/C16H17Cl2FN4O4S/c1-23-8-13(20-16(23)18)9-6-11(14(19)12(17)7-9)15(24)21-22-28(25,26)10-2-4-27-5-3-10/h6-8,10,22H,2-5H2,1H3,(H,21,24). The average molecular weight is 451 g/mol. The van der Waals surface area contributed by atoms with E-state index in [1.165, 1.54) is 16.7 Å². The van der Waals surface area contributed by atoms with Gasteiger partial charge in [-0.05, 0) is 36.6 Å². The van der Waals surface area contributed by atoms with Crippen LogP contribution in [0.3, 0.4) is 0 Å². The van der Waals surface area contributed by atoms with Crippen LogP contribution in [0.2, 0.25) is 10.3 Å². The third-order valence-electron chi connectivity index (χ3n) is 4.30. The second kappa shape index (κ2) is 8.34. The van der Waals surface area contributed by atoms with Gasteiger partial charge in [-0.2, -0.15) is 0 Å². The molecule has 0 saturated carbocycles. The summed E-state index contributed by atoms with van der Waals surface area (Å²) in [6, 6.07) is 2.52. The number of imidazole rings is 1. The van der Waals surface area contributed by atoms with Gasteiger partial charge in [0.2, 0.25) is 15.3 Å². The van der Waals surface area contributed by atoms with Crippen LogP contribution >= 0.6 is 23.2 Å². The van der Waals surface area contributed by atoms with Crippen LogP contribution in [0.4, 0.5) is 4.39 Å². The molecule has 0 radical (unpaired) electrons. The summed E-state index contributed by atoms with van der Waals surface area (Å²) < 4.78 is 45.6. The molecule has 1 amide bonds. The maximum Gasteiger partial charge on any atom is 0.269 e. The van der Waals surface area contributed by atoms with Crippen molar-refractivity contribution in [2.45, 2.75) is 18.1 Å². The number of rotatable bonds is 5. The van der Waals surface area contributed by atoms with Crippen molar-refractivity contribution in [3.8, 4) is 11.3 Å². The van der Waals surface area contributed by atoms with Gasteiger partial charge in [-0.1, -0.05) is 11.6 Å². The Bertz CT molecular complexity index is 987. The molecule has 3 rings (SSSR count). The summed E-state index contributed by atoms with van der Waals surface area (Å²) in [6.07, 6.45) is 2.20. The van der Waals surface area contributed by atoms with Crippen LogP contribution in [-0.2, 0) is 21.8 Å². The second-order valence-electron chi connectivity index (χ2n) is 6.24. The molecule has 28 heavy (non-hydrogen) atoms. The second-order valence-corrected chi connectivity index (χ2v) is 8.94. The molecule has 0 bridgehead atoms. The molecule has 2 heterocycles. The Morgan fingerprint density at radius 3 is 2.61 bits per heavy atom. The molecule has 1 aromatic carbocycles. The maximum absolute atomic E-state index is 14.4. The Kier molecular flexibility index (Phi) is 6.25. The number of nitrogens with one attached hydrogen (secondary N) is 2. The van der Waals surface area contributed by atoms with E-state index in [1.54, 1.807) is 13.2 Å². The molecule has 0 atom stereocenters. The van der Waals surface area contributed by atoms with Crippen LogP contribution in [0.25, 0.3) is 11.3 Å². The quantitative estimate of drug-likeness (QED) is 0.680. The minimum atomic E-state index is -3.82. The number of aromatic nitrogens is 2. The van der Waals surface area contributed by atoms with E-state index in [4.69, 9.17) is 27.9 Å². The third kappa shape index (κ3) is 4.47. The summed E-state index contributed by atoms with van der Waals surface area (Å²) >= 11 is 11.8. The molecule has 1 aromatic heterocycles. The van der Waals surface area contributed by atoms with E-state index in [0.717, 1.165) is 0 Å². The van der Waals surface area contributed by atoms with E-state index in [0.29, 0.717) is 37.3 Å². The van der Waals surface area contributed by atoms with E-state index in [2.05, 4.69) is 4.98 Å². The normalized spacial score (nSPS) is 15.6. The van der Waals surface area contributed by atoms with E-state index >= 15 is 0 Å². The van der Waals surface area contributed by atoms with Gasteiger partial charge in [-0.15, -0.1) is 4.83 Å². The highest BCUT2D eigenvalue weighted by Crippen LogP contribution is 2.28. The number of amides is 1. The first-order chi connectivity index (χ1) is 13.2. The summed E-state index contributed by atoms with van der Waals surface area (Å²) in [5.74, 6) is -1.96. The van der Waals surface area contributed by atoms with Crippen LogP contribution < -0.4 is 10.3 Å². The summed E-state index contributed by atoms with van der Waals surface area (Å²) in [4.78, 5) is 18.5. The zero-order valence-electron chi connectivity index (χ0n) is 14.7. The lowest BCUT2D eigenvalue weighted by Gasteiger charge is -2.22. The fourth-order valence-corrected chi connectivity index (χ4v) is 4.31. The number of benzene rings is 1. The highest BCUT2D eigenvalue weighted by molar-refractivity contribution is 7.90.